The Balaban J connectivity index is 3.10. The van der Waals surface area contributed by atoms with Crippen molar-refractivity contribution in [2.24, 2.45) is 0 Å². The highest BCUT2D eigenvalue weighted by molar-refractivity contribution is 14.1. The van der Waals surface area contributed by atoms with E-state index in [0.717, 1.165) is 0 Å². The third-order valence-electron chi connectivity index (χ3n) is 1.70. The van der Waals surface area contributed by atoms with Gasteiger partial charge in [0.1, 0.15) is 11.5 Å². The Morgan fingerprint density at radius 3 is 2.07 bits per heavy atom. The summed E-state index contributed by atoms with van der Waals surface area (Å²) < 4.78 is 12.6. The molecule has 1 aromatic carbocycles. The Kier molecular flexibility index (Phi) is 3.99. The molecule has 0 aliphatic heterocycles. The fourth-order valence-electron chi connectivity index (χ4n) is 0.993. The molecule has 1 amide bonds. The molecule has 0 saturated heterocycles. The fourth-order valence-corrected chi connectivity index (χ4v) is 1.30. The lowest BCUT2D eigenvalue weighted by Gasteiger charge is -2.06. The van der Waals surface area contributed by atoms with Gasteiger partial charge in [-0.05, 0) is 12.1 Å². The summed E-state index contributed by atoms with van der Waals surface area (Å²) in [7, 11) is 3.08. The number of amides is 1. The van der Waals surface area contributed by atoms with Crippen molar-refractivity contribution in [3.63, 3.8) is 0 Å². The minimum Gasteiger partial charge on any atom is -0.497 e. The first-order valence-electron chi connectivity index (χ1n) is 3.85. The molecule has 0 heterocycles. The van der Waals surface area contributed by atoms with E-state index in [4.69, 9.17) is 9.47 Å². The fraction of sp³-hybridized carbons (Fsp3) is 0.222. The number of nitrogens with one attached hydrogen (secondary N) is 1. The first kappa shape index (κ1) is 11.1. The number of halogens is 1. The molecule has 14 heavy (non-hydrogen) atoms. The topological polar surface area (TPSA) is 47.6 Å². The monoisotopic (exact) mass is 307 g/mol. The summed E-state index contributed by atoms with van der Waals surface area (Å²) in [6, 6.07) is 5.01. The summed E-state index contributed by atoms with van der Waals surface area (Å²) in [4.78, 5) is 11.3. The molecule has 0 saturated carbocycles. The van der Waals surface area contributed by atoms with Gasteiger partial charge in [-0.2, -0.15) is 0 Å². The van der Waals surface area contributed by atoms with E-state index in [1.165, 1.54) is 0 Å². The average Bonchev–Trinajstić information content (AvgIpc) is 2.27. The summed E-state index contributed by atoms with van der Waals surface area (Å²) in [5.41, 5.74) is 0.510. The number of ether oxygens (including phenoxy) is 2. The van der Waals surface area contributed by atoms with Gasteiger partial charge in [-0.15, -0.1) is 0 Å². The molecule has 0 fully saturated rings. The maximum atomic E-state index is 11.3. The number of rotatable bonds is 3. The number of carbonyl (C=O) groups excluding carboxylic acids is 1. The Labute approximate surface area is 96.1 Å². The molecule has 1 N–H and O–H groups in total. The van der Waals surface area contributed by atoms with E-state index in [9.17, 15) is 4.79 Å². The highest BCUT2D eigenvalue weighted by Crippen LogP contribution is 2.22. The molecule has 0 atom stereocenters. The van der Waals surface area contributed by atoms with E-state index >= 15 is 0 Å². The summed E-state index contributed by atoms with van der Waals surface area (Å²) >= 11 is 1.78. The normalized spacial score (nSPS) is 9.36. The molecule has 0 spiro atoms. The Morgan fingerprint density at radius 1 is 1.21 bits per heavy atom. The van der Waals surface area contributed by atoms with Gasteiger partial charge in [0.15, 0.2) is 0 Å². The molecular weight excluding hydrogens is 297 g/mol. The average molecular weight is 307 g/mol. The lowest BCUT2D eigenvalue weighted by Crippen LogP contribution is -2.11. The van der Waals surface area contributed by atoms with Crippen LogP contribution >= 0.6 is 22.9 Å². The van der Waals surface area contributed by atoms with Gasteiger partial charge in [-0.25, -0.2) is 0 Å². The van der Waals surface area contributed by atoms with Crippen molar-refractivity contribution in [1.82, 2.24) is 3.53 Å². The van der Waals surface area contributed by atoms with Gasteiger partial charge in [-0.1, -0.05) is 0 Å². The van der Waals surface area contributed by atoms with E-state index in [0.29, 0.717) is 17.1 Å². The quantitative estimate of drug-likeness (QED) is 0.684. The van der Waals surface area contributed by atoms with Crippen LogP contribution in [-0.2, 0) is 0 Å². The van der Waals surface area contributed by atoms with E-state index < -0.39 is 0 Å². The van der Waals surface area contributed by atoms with Crippen LogP contribution < -0.4 is 13.0 Å². The molecule has 0 unspecified atom stereocenters. The van der Waals surface area contributed by atoms with Crippen LogP contribution in [-0.4, -0.2) is 20.1 Å². The molecule has 0 aromatic heterocycles. The van der Waals surface area contributed by atoms with E-state index in [2.05, 4.69) is 3.53 Å². The molecule has 5 heteroatoms. The van der Waals surface area contributed by atoms with E-state index in [-0.39, 0.29) is 5.91 Å². The van der Waals surface area contributed by atoms with Crippen LogP contribution in [0, 0.1) is 0 Å². The minimum atomic E-state index is -0.178. The number of hydrogen-bond donors (Lipinski definition) is 1. The zero-order valence-corrected chi connectivity index (χ0v) is 9.99. The van der Waals surface area contributed by atoms with Gasteiger partial charge in [0.2, 0.25) is 0 Å². The molecule has 1 rings (SSSR count). The van der Waals surface area contributed by atoms with Gasteiger partial charge in [-0.3, -0.25) is 8.32 Å². The standard InChI is InChI=1S/C9H10INO3/c1-13-7-3-6(9(12)11-10)4-8(5-7)14-2/h3-5H,1-2H3,(H,11,12). The van der Waals surface area contributed by atoms with Crippen molar-refractivity contribution in [2.45, 2.75) is 0 Å². The summed E-state index contributed by atoms with van der Waals surface area (Å²) in [5, 5.41) is 0. The first-order valence-corrected chi connectivity index (χ1v) is 4.93. The van der Waals surface area contributed by atoms with Gasteiger partial charge in [0, 0.05) is 11.6 Å². The van der Waals surface area contributed by atoms with Crippen molar-refractivity contribution in [3.8, 4) is 11.5 Å². The largest absolute Gasteiger partial charge is 0.497 e. The first-order chi connectivity index (χ1) is 6.71. The number of methoxy groups -OCH3 is 2. The SMILES string of the molecule is COc1cc(OC)cc(C(=O)NI)c1. The Hall–Kier alpha value is -0.980. The highest BCUT2D eigenvalue weighted by atomic mass is 127. The Morgan fingerprint density at radius 2 is 1.71 bits per heavy atom. The van der Waals surface area contributed by atoms with Crippen LogP contribution in [0.4, 0.5) is 0 Å². The molecule has 1 aromatic rings. The number of benzene rings is 1. The van der Waals surface area contributed by atoms with Crippen molar-refractivity contribution < 1.29 is 14.3 Å². The minimum absolute atomic E-state index is 0.178. The van der Waals surface area contributed by atoms with Crippen LogP contribution in [0.2, 0.25) is 0 Å². The van der Waals surface area contributed by atoms with Crippen molar-refractivity contribution in [2.75, 3.05) is 14.2 Å². The molecule has 76 valence electrons. The predicted octanol–water partition coefficient (Wildman–Crippen LogP) is 1.78. The predicted molar refractivity (Wildman–Crippen MR) is 61.0 cm³/mol. The van der Waals surface area contributed by atoms with Crippen LogP contribution in [0.25, 0.3) is 0 Å². The van der Waals surface area contributed by atoms with Crippen LogP contribution in [0.3, 0.4) is 0 Å². The lowest BCUT2D eigenvalue weighted by molar-refractivity contribution is 0.0989. The lowest BCUT2D eigenvalue weighted by atomic mass is 10.2. The highest BCUT2D eigenvalue weighted by Gasteiger charge is 2.07. The van der Waals surface area contributed by atoms with Crippen LogP contribution in [0.1, 0.15) is 10.4 Å². The molecule has 0 aliphatic rings. The Bertz CT molecular complexity index is 319. The zero-order valence-electron chi connectivity index (χ0n) is 7.83. The third-order valence-corrected chi connectivity index (χ3v) is 2.19. The maximum Gasteiger partial charge on any atom is 0.260 e. The van der Waals surface area contributed by atoms with E-state index in [1.54, 1.807) is 55.3 Å². The summed E-state index contributed by atoms with van der Waals surface area (Å²) in [5.74, 6) is 1.02. The third kappa shape index (κ3) is 2.50. The summed E-state index contributed by atoms with van der Waals surface area (Å²) in [6.07, 6.45) is 0. The second kappa shape index (κ2) is 5.04. The summed E-state index contributed by atoms with van der Waals surface area (Å²) in [6.45, 7) is 0. The molecule has 0 aliphatic carbocycles. The van der Waals surface area contributed by atoms with Crippen molar-refractivity contribution in [3.05, 3.63) is 23.8 Å². The van der Waals surface area contributed by atoms with Crippen molar-refractivity contribution in [1.29, 1.82) is 0 Å². The molecular formula is C9H10INO3. The van der Waals surface area contributed by atoms with Gasteiger partial charge < -0.3 is 9.47 Å². The van der Waals surface area contributed by atoms with Crippen LogP contribution in [0.5, 0.6) is 11.5 Å². The van der Waals surface area contributed by atoms with Crippen LogP contribution in [0.15, 0.2) is 18.2 Å². The molecule has 0 radical (unpaired) electrons. The van der Waals surface area contributed by atoms with Gasteiger partial charge >= 0.3 is 0 Å². The van der Waals surface area contributed by atoms with E-state index in [1.807, 2.05) is 0 Å². The second-order valence-corrected chi connectivity index (χ2v) is 3.06. The van der Waals surface area contributed by atoms with Crippen molar-refractivity contribution >= 4 is 28.8 Å². The molecule has 4 nitrogen and oxygen atoms in total. The number of hydrogen-bond acceptors (Lipinski definition) is 3. The molecule has 0 bridgehead atoms. The second-order valence-electron chi connectivity index (χ2n) is 2.52. The number of carbonyl (C=O) groups is 1. The van der Waals surface area contributed by atoms with Gasteiger partial charge in [0.05, 0.1) is 37.1 Å². The zero-order chi connectivity index (χ0) is 10.6. The van der Waals surface area contributed by atoms with Gasteiger partial charge in [0.25, 0.3) is 5.91 Å². The maximum absolute atomic E-state index is 11.3. The smallest absolute Gasteiger partial charge is 0.260 e.